The first kappa shape index (κ1) is 102. The average molecular weight is 1100 g/mol. The molecule has 484 valence electrons. The quantitative estimate of drug-likeness (QED) is 0.249. The zero-order valence-corrected chi connectivity index (χ0v) is 63.5. The normalized spacial score (nSPS) is 16.2. The monoisotopic (exact) mass is 1100 g/mol. The van der Waals surface area contributed by atoms with Gasteiger partial charge in [-0.05, 0) is 82.3 Å². The summed E-state index contributed by atoms with van der Waals surface area (Å²) in [7, 11) is 0. The summed E-state index contributed by atoms with van der Waals surface area (Å²) >= 11 is 0. The van der Waals surface area contributed by atoms with E-state index in [1.807, 2.05) is 41.5 Å². The van der Waals surface area contributed by atoms with Crippen LogP contribution < -0.4 is 0 Å². The van der Waals surface area contributed by atoms with Crippen LogP contribution in [0.3, 0.4) is 0 Å². The lowest BCUT2D eigenvalue weighted by Crippen LogP contribution is -2.19. The highest BCUT2D eigenvalue weighted by atomic mass is 14.3. The molecule has 0 amide bonds. The molecule has 0 nitrogen and oxygen atoms in total. The third kappa shape index (κ3) is 160. The first-order valence-corrected chi connectivity index (χ1v) is 35.7. The Balaban J connectivity index is -0.0000000681. The first-order chi connectivity index (χ1) is 35.7. The Kier molecular flexibility index (Phi) is 106. The van der Waals surface area contributed by atoms with Crippen molar-refractivity contribution < 1.29 is 0 Å². The molecule has 0 bridgehead atoms. The molecule has 0 saturated heterocycles. The highest BCUT2D eigenvalue weighted by molar-refractivity contribution is 4.76. The van der Waals surface area contributed by atoms with Gasteiger partial charge < -0.3 is 0 Å². The standard InChI is InChI=1S/C9H18.2C7H14.C6H12.2C6H14.3C5H12.C4H8.2C4H10.C3H8.3C2H6/c1-8-4-6-9(2,3)7-5-8;1-7-5-3-2-4-6-7;1-2-7-5-3-4-6-7;1-6-4-2-3-5-6;1-5-6(2,3)4;1-4-6(3)5-2;1-5(2,3)4;2*1-4-5(2)3;1-4-2-3-4;1-4(2)3;1-3-4-2;1-3-2;3*1-2/h8H,4-7H2,1-3H3;2*7H,2-6H2,1H3;6H,2-5H2,1H3;5H2,1-4H3;6H,4-5H2,1-3H3;1-4H3;2*5H,4H2,1-3H3;4H,2-3H2,1H3;4H,1-3H3;3-4H2,1-2H3;3H2,1-2H3;3*1-2H3. The Morgan fingerprint density at radius 3 is 0.675 bits per heavy atom. The lowest BCUT2D eigenvalue weighted by atomic mass is 9.74. The fourth-order valence-electron chi connectivity index (χ4n) is 5.85. The van der Waals surface area contributed by atoms with Crippen molar-refractivity contribution in [2.24, 2.45) is 69.5 Å². The highest BCUT2D eigenvalue weighted by Gasteiger charge is 2.24. The maximum absolute atomic E-state index is 2.39. The molecule has 0 N–H and O–H groups in total. The number of hydrogen-bond acceptors (Lipinski definition) is 0. The molecule has 5 aliphatic rings. The summed E-state index contributed by atoms with van der Waals surface area (Å²) in [6, 6.07) is 0. The van der Waals surface area contributed by atoms with E-state index < -0.39 is 0 Å². The van der Waals surface area contributed by atoms with Crippen molar-refractivity contribution in [1.29, 1.82) is 0 Å². The van der Waals surface area contributed by atoms with E-state index in [4.69, 9.17) is 0 Å². The number of unbranched alkanes of at least 4 members (excludes halogenated alkanes) is 1. The van der Waals surface area contributed by atoms with Gasteiger partial charge in [-0.25, -0.2) is 0 Å². The second-order valence-corrected chi connectivity index (χ2v) is 28.6. The number of hydrogen-bond donors (Lipinski definition) is 0. The van der Waals surface area contributed by atoms with Crippen LogP contribution in [0.2, 0.25) is 0 Å². The van der Waals surface area contributed by atoms with Crippen LogP contribution in [0, 0.1) is 69.5 Å². The summed E-state index contributed by atoms with van der Waals surface area (Å²) in [5, 5.41) is 0. The summed E-state index contributed by atoms with van der Waals surface area (Å²) in [5.41, 5.74) is 1.70. The van der Waals surface area contributed by atoms with Crippen molar-refractivity contribution >= 4 is 0 Å². The molecule has 0 spiro atoms. The second kappa shape index (κ2) is 80.2. The third-order valence-electron chi connectivity index (χ3n) is 13.7. The van der Waals surface area contributed by atoms with Gasteiger partial charge in [-0.15, -0.1) is 0 Å². The van der Waals surface area contributed by atoms with Gasteiger partial charge in [0.15, 0.2) is 0 Å². The largest absolute Gasteiger partial charge is 0.0683 e. The smallest absolute Gasteiger partial charge is 0.0354 e. The van der Waals surface area contributed by atoms with Gasteiger partial charge in [-0.1, -0.05) is 423 Å². The molecule has 0 aromatic carbocycles. The molecule has 5 aliphatic carbocycles. The minimum absolute atomic E-state index is 0.500. The van der Waals surface area contributed by atoms with E-state index >= 15 is 0 Å². The Morgan fingerprint density at radius 1 is 0.377 bits per heavy atom. The Hall–Kier alpha value is 0. The van der Waals surface area contributed by atoms with Crippen LogP contribution in [-0.2, 0) is 0 Å². The van der Waals surface area contributed by atoms with Gasteiger partial charge in [-0.3, -0.25) is 0 Å². The Morgan fingerprint density at radius 2 is 0.584 bits per heavy atom. The molecule has 0 aliphatic heterocycles. The fraction of sp³-hybridized carbons (Fsp3) is 1.00. The van der Waals surface area contributed by atoms with E-state index in [-0.39, 0.29) is 0 Å². The maximum Gasteiger partial charge on any atom is -0.0354 e. The van der Waals surface area contributed by atoms with Crippen LogP contribution in [0.5, 0.6) is 0 Å². The van der Waals surface area contributed by atoms with E-state index in [1.165, 1.54) is 180 Å². The van der Waals surface area contributed by atoms with Gasteiger partial charge >= 0.3 is 0 Å². The van der Waals surface area contributed by atoms with Crippen molar-refractivity contribution in [3.05, 3.63) is 0 Å². The summed E-state index contributed by atoms with van der Waals surface area (Å²) in [6.07, 6.45) is 40.0. The summed E-state index contributed by atoms with van der Waals surface area (Å²) in [5.74, 6) is 8.80. The highest BCUT2D eigenvalue weighted by Crippen LogP contribution is 2.37. The van der Waals surface area contributed by atoms with Crippen LogP contribution in [0.1, 0.15) is 436 Å². The van der Waals surface area contributed by atoms with E-state index in [9.17, 15) is 0 Å². The average Bonchev–Trinajstić information content (AvgIpc) is 3.72. The molecule has 0 aromatic rings. The Labute approximate surface area is 503 Å². The topological polar surface area (TPSA) is 0 Å². The molecule has 0 radical (unpaired) electrons. The van der Waals surface area contributed by atoms with E-state index in [0.717, 1.165) is 53.3 Å². The SMILES string of the molecule is CC.CC.CC.CC(C)(C)C.CC(C)C.CC1CC1.CC1CCC(C)(C)CC1.CC1CCCC1.CC1CCCCC1.CCC.CCC(C)(C)C.CCC(C)C.CCC(C)C.CCC(C)CC.CCC1CCCC1.CCCC. The van der Waals surface area contributed by atoms with Crippen LogP contribution >= 0.6 is 0 Å². The zero-order valence-electron chi connectivity index (χ0n) is 63.5. The lowest BCUT2D eigenvalue weighted by molar-refractivity contribution is 0.201. The molecule has 5 rings (SSSR count). The lowest BCUT2D eigenvalue weighted by Gasteiger charge is -2.32. The van der Waals surface area contributed by atoms with Crippen LogP contribution in [0.4, 0.5) is 0 Å². The third-order valence-corrected chi connectivity index (χ3v) is 13.7. The van der Waals surface area contributed by atoms with Crippen molar-refractivity contribution in [2.45, 2.75) is 436 Å². The molecule has 0 atom stereocenters. The van der Waals surface area contributed by atoms with E-state index in [0.29, 0.717) is 16.2 Å². The fourth-order valence-corrected chi connectivity index (χ4v) is 5.85. The van der Waals surface area contributed by atoms with E-state index in [1.54, 1.807) is 0 Å². The van der Waals surface area contributed by atoms with Gasteiger partial charge in [0.05, 0.1) is 0 Å². The Bertz CT molecular complexity index is 820. The van der Waals surface area contributed by atoms with Crippen molar-refractivity contribution in [2.75, 3.05) is 0 Å². The summed E-state index contributed by atoms with van der Waals surface area (Å²) < 4.78 is 0. The molecule has 0 unspecified atom stereocenters. The second-order valence-electron chi connectivity index (χ2n) is 28.6. The molecule has 5 saturated carbocycles. The minimum Gasteiger partial charge on any atom is -0.0683 e. The van der Waals surface area contributed by atoms with Gasteiger partial charge in [0.1, 0.15) is 0 Å². The molecular weight excluding hydrogens is 925 g/mol. The minimum atomic E-state index is 0.500. The van der Waals surface area contributed by atoms with Crippen molar-refractivity contribution in [3.63, 3.8) is 0 Å². The zero-order chi connectivity index (χ0) is 63.5. The van der Waals surface area contributed by atoms with Gasteiger partial charge in [0, 0.05) is 0 Å². The maximum atomic E-state index is 2.39. The number of rotatable bonds is 6. The predicted octanol–water partition coefficient (Wildman–Crippen LogP) is 31.0. The van der Waals surface area contributed by atoms with Crippen LogP contribution in [-0.4, -0.2) is 0 Å². The first-order valence-electron chi connectivity index (χ1n) is 35.7. The van der Waals surface area contributed by atoms with Crippen LogP contribution in [0.15, 0.2) is 0 Å². The van der Waals surface area contributed by atoms with Crippen molar-refractivity contribution in [3.8, 4) is 0 Å². The van der Waals surface area contributed by atoms with Gasteiger partial charge in [0.2, 0.25) is 0 Å². The van der Waals surface area contributed by atoms with Gasteiger partial charge in [-0.2, -0.15) is 0 Å². The van der Waals surface area contributed by atoms with Crippen molar-refractivity contribution in [1.82, 2.24) is 0 Å². The summed E-state index contributed by atoms with van der Waals surface area (Å²) in [4.78, 5) is 0. The van der Waals surface area contributed by atoms with Gasteiger partial charge in [0.25, 0.3) is 0 Å². The molecule has 77 heavy (non-hydrogen) atoms. The van der Waals surface area contributed by atoms with E-state index in [2.05, 4.69) is 215 Å². The molecule has 0 heteroatoms. The molecule has 5 fully saturated rings. The molecule has 0 heterocycles. The molecular formula is C77H176. The summed E-state index contributed by atoms with van der Waals surface area (Å²) in [6.45, 7) is 81.2. The predicted molar refractivity (Wildman–Crippen MR) is 378 cm³/mol. The molecule has 0 aromatic heterocycles. The van der Waals surface area contributed by atoms with Crippen LogP contribution in [0.25, 0.3) is 0 Å².